The van der Waals surface area contributed by atoms with Crippen molar-refractivity contribution in [3.63, 3.8) is 0 Å². The minimum absolute atomic E-state index is 0.0469. The second kappa shape index (κ2) is 8.56. The minimum atomic E-state index is -0.607. The number of esters is 1. The standard InChI is InChI=1S/C15H18N2O5/c1-10(18)6-7-14(20)22-9-13(19)17-12-5-3-4-11(8-12)15(21)16-2/h3-5,8H,6-7,9H2,1-2H3,(H,16,21)(H,17,19). The molecular formula is C15H18N2O5. The molecule has 7 heteroatoms. The number of anilines is 1. The molecule has 0 saturated heterocycles. The molecule has 0 bridgehead atoms. The maximum atomic E-state index is 11.6. The van der Waals surface area contributed by atoms with E-state index in [1.54, 1.807) is 18.2 Å². The summed E-state index contributed by atoms with van der Waals surface area (Å²) in [5, 5.41) is 4.99. The first-order valence-electron chi connectivity index (χ1n) is 6.69. The van der Waals surface area contributed by atoms with Crippen LogP contribution in [0.5, 0.6) is 0 Å². The Morgan fingerprint density at radius 1 is 1.14 bits per heavy atom. The van der Waals surface area contributed by atoms with Crippen LogP contribution in [0, 0.1) is 0 Å². The van der Waals surface area contributed by atoms with Crippen molar-refractivity contribution in [3.8, 4) is 0 Å². The summed E-state index contributed by atoms with van der Waals surface area (Å²) in [6.07, 6.45) is 0.0450. The molecule has 0 spiro atoms. The second-order valence-corrected chi connectivity index (χ2v) is 4.57. The van der Waals surface area contributed by atoms with E-state index >= 15 is 0 Å². The number of ether oxygens (including phenoxy) is 1. The normalized spacial score (nSPS) is 9.73. The molecule has 7 nitrogen and oxygen atoms in total. The fourth-order valence-corrected chi connectivity index (χ4v) is 1.58. The number of carbonyl (C=O) groups excluding carboxylic acids is 4. The first kappa shape index (κ1) is 17.4. The van der Waals surface area contributed by atoms with Crippen LogP contribution in [0.1, 0.15) is 30.1 Å². The van der Waals surface area contributed by atoms with Gasteiger partial charge in [0.1, 0.15) is 5.78 Å². The highest BCUT2D eigenvalue weighted by molar-refractivity contribution is 5.97. The smallest absolute Gasteiger partial charge is 0.306 e. The largest absolute Gasteiger partial charge is 0.456 e. The molecule has 1 aromatic carbocycles. The second-order valence-electron chi connectivity index (χ2n) is 4.57. The van der Waals surface area contributed by atoms with E-state index in [0.29, 0.717) is 11.3 Å². The van der Waals surface area contributed by atoms with E-state index in [-0.39, 0.29) is 24.5 Å². The Balaban J connectivity index is 2.47. The number of nitrogens with one attached hydrogen (secondary N) is 2. The fraction of sp³-hybridized carbons (Fsp3) is 0.333. The van der Waals surface area contributed by atoms with Crippen LogP contribution in [-0.2, 0) is 19.1 Å². The van der Waals surface area contributed by atoms with Gasteiger partial charge in [-0.05, 0) is 25.1 Å². The highest BCUT2D eigenvalue weighted by Crippen LogP contribution is 2.10. The van der Waals surface area contributed by atoms with Gasteiger partial charge in [-0.15, -0.1) is 0 Å². The predicted octanol–water partition coefficient (Wildman–Crippen LogP) is 0.897. The quantitative estimate of drug-likeness (QED) is 0.729. The number of hydrogen-bond donors (Lipinski definition) is 2. The van der Waals surface area contributed by atoms with E-state index in [0.717, 1.165) is 0 Å². The van der Waals surface area contributed by atoms with Crippen LogP contribution in [0.4, 0.5) is 5.69 Å². The number of Topliss-reactive ketones (excluding diaryl/α,β-unsaturated/α-hetero) is 1. The third-order valence-corrected chi connectivity index (χ3v) is 2.68. The zero-order valence-electron chi connectivity index (χ0n) is 12.5. The van der Waals surface area contributed by atoms with Crippen LogP contribution in [0.15, 0.2) is 24.3 Å². The lowest BCUT2D eigenvalue weighted by atomic mass is 10.2. The van der Waals surface area contributed by atoms with Crippen molar-refractivity contribution in [2.75, 3.05) is 19.0 Å². The Hall–Kier alpha value is -2.70. The monoisotopic (exact) mass is 306 g/mol. The molecule has 0 atom stereocenters. The van der Waals surface area contributed by atoms with Gasteiger partial charge in [-0.2, -0.15) is 0 Å². The number of ketones is 1. The molecule has 0 aliphatic carbocycles. The summed E-state index contributed by atoms with van der Waals surface area (Å²) in [4.78, 5) is 45.1. The van der Waals surface area contributed by atoms with Gasteiger partial charge >= 0.3 is 5.97 Å². The van der Waals surface area contributed by atoms with Crippen molar-refractivity contribution in [2.45, 2.75) is 19.8 Å². The average Bonchev–Trinajstić information content (AvgIpc) is 2.50. The van der Waals surface area contributed by atoms with Crippen molar-refractivity contribution in [1.29, 1.82) is 0 Å². The molecule has 0 heterocycles. The summed E-state index contributed by atoms with van der Waals surface area (Å²) in [6.45, 7) is 0.931. The van der Waals surface area contributed by atoms with Gasteiger partial charge in [0.25, 0.3) is 11.8 Å². The SMILES string of the molecule is CNC(=O)c1cccc(NC(=O)COC(=O)CCC(C)=O)c1. The number of benzene rings is 1. The van der Waals surface area contributed by atoms with Gasteiger partial charge < -0.3 is 20.2 Å². The zero-order valence-corrected chi connectivity index (χ0v) is 12.5. The Kier molecular flexibility index (Phi) is 6.75. The van der Waals surface area contributed by atoms with E-state index in [2.05, 4.69) is 10.6 Å². The highest BCUT2D eigenvalue weighted by Gasteiger charge is 2.10. The van der Waals surface area contributed by atoms with Gasteiger partial charge in [-0.3, -0.25) is 14.4 Å². The number of carbonyl (C=O) groups is 4. The Bertz CT molecular complexity index is 583. The molecule has 118 valence electrons. The lowest BCUT2D eigenvalue weighted by Gasteiger charge is -2.07. The third-order valence-electron chi connectivity index (χ3n) is 2.68. The van der Waals surface area contributed by atoms with Crippen molar-refractivity contribution < 1.29 is 23.9 Å². The summed E-state index contributed by atoms with van der Waals surface area (Å²) >= 11 is 0. The third kappa shape index (κ3) is 6.17. The van der Waals surface area contributed by atoms with Gasteiger partial charge in [0.05, 0.1) is 6.42 Å². The predicted molar refractivity (Wildman–Crippen MR) is 79.3 cm³/mol. The fourth-order valence-electron chi connectivity index (χ4n) is 1.58. The van der Waals surface area contributed by atoms with Gasteiger partial charge in [-0.1, -0.05) is 6.07 Å². The van der Waals surface area contributed by atoms with E-state index in [4.69, 9.17) is 4.74 Å². The summed E-state index contributed by atoms with van der Waals surface area (Å²) in [7, 11) is 1.51. The molecule has 0 unspecified atom stereocenters. The van der Waals surface area contributed by atoms with Crippen LogP contribution in [0.25, 0.3) is 0 Å². The lowest BCUT2D eigenvalue weighted by molar-refractivity contribution is -0.148. The number of hydrogen-bond acceptors (Lipinski definition) is 5. The molecule has 0 saturated carbocycles. The molecule has 1 rings (SSSR count). The highest BCUT2D eigenvalue weighted by atomic mass is 16.5. The summed E-state index contributed by atoms with van der Waals surface area (Å²) in [5.74, 6) is -1.52. The Morgan fingerprint density at radius 2 is 1.86 bits per heavy atom. The lowest BCUT2D eigenvalue weighted by Crippen LogP contribution is -2.22. The van der Waals surface area contributed by atoms with Crippen molar-refractivity contribution in [2.24, 2.45) is 0 Å². The Labute approximate surface area is 128 Å². The Morgan fingerprint density at radius 3 is 2.50 bits per heavy atom. The van der Waals surface area contributed by atoms with Crippen LogP contribution in [-0.4, -0.2) is 37.2 Å². The number of amides is 2. The van der Waals surface area contributed by atoms with Gasteiger partial charge in [0.2, 0.25) is 0 Å². The number of rotatable bonds is 7. The zero-order chi connectivity index (χ0) is 16.5. The van der Waals surface area contributed by atoms with Crippen molar-refractivity contribution in [3.05, 3.63) is 29.8 Å². The first-order chi connectivity index (χ1) is 10.4. The molecule has 0 aromatic heterocycles. The summed E-state index contributed by atoms with van der Waals surface area (Å²) < 4.78 is 4.74. The van der Waals surface area contributed by atoms with Crippen molar-refractivity contribution >= 4 is 29.3 Å². The molecule has 0 radical (unpaired) electrons. The van der Waals surface area contributed by atoms with Gasteiger partial charge in [0.15, 0.2) is 6.61 Å². The van der Waals surface area contributed by atoms with Crippen LogP contribution < -0.4 is 10.6 Å². The molecule has 22 heavy (non-hydrogen) atoms. The molecule has 0 fully saturated rings. The topological polar surface area (TPSA) is 102 Å². The van der Waals surface area contributed by atoms with E-state index in [1.807, 2.05) is 0 Å². The first-order valence-corrected chi connectivity index (χ1v) is 6.69. The van der Waals surface area contributed by atoms with E-state index < -0.39 is 18.5 Å². The summed E-state index contributed by atoms with van der Waals surface area (Å²) in [5.41, 5.74) is 0.824. The summed E-state index contributed by atoms with van der Waals surface area (Å²) in [6, 6.07) is 6.35. The minimum Gasteiger partial charge on any atom is -0.456 e. The molecule has 0 aliphatic rings. The molecule has 1 aromatic rings. The maximum absolute atomic E-state index is 11.6. The van der Waals surface area contributed by atoms with Crippen molar-refractivity contribution in [1.82, 2.24) is 5.32 Å². The van der Waals surface area contributed by atoms with E-state index in [9.17, 15) is 19.2 Å². The average molecular weight is 306 g/mol. The van der Waals surface area contributed by atoms with Gasteiger partial charge in [0, 0.05) is 24.7 Å². The van der Waals surface area contributed by atoms with E-state index in [1.165, 1.54) is 20.0 Å². The van der Waals surface area contributed by atoms with Crippen LogP contribution in [0.3, 0.4) is 0 Å². The molecular weight excluding hydrogens is 288 g/mol. The van der Waals surface area contributed by atoms with Gasteiger partial charge in [-0.25, -0.2) is 0 Å². The molecule has 2 N–H and O–H groups in total. The van der Waals surface area contributed by atoms with Crippen LogP contribution in [0.2, 0.25) is 0 Å². The van der Waals surface area contributed by atoms with Crippen LogP contribution >= 0.6 is 0 Å². The molecule has 2 amide bonds. The maximum Gasteiger partial charge on any atom is 0.306 e. The molecule has 0 aliphatic heterocycles.